The Labute approximate surface area is 136 Å². The van der Waals surface area contributed by atoms with Crippen LogP contribution in [0, 0.1) is 13.8 Å². The van der Waals surface area contributed by atoms with E-state index in [1.165, 1.54) is 34.4 Å². The Balaban J connectivity index is 0.000000142. The van der Waals surface area contributed by atoms with Gasteiger partial charge in [0, 0.05) is 0 Å². The quantitative estimate of drug-likeness (QED) is 0.450. The van der Waals surface area contributed by atoms with Gasteiger partial charge in [-0.3, -0.25) is 0 Å². The van der Waals surface area contributed by atoms with Crippen molar-refractivity contribution in [3.63, 3.8) is 0 Å². The van der Waals surface area contributed by atoms with Crippen molar-refractivity contribution in [2.24, 2.45) is 0 Å². The first kappa shape index (κ1) is 15.2. The summed E-state index contributed by atoms with van der Waals surface area (Å²) < 4.78 is 0. The summed E-state index contributed by atoms with van der Waals surface area (Å²) in [4.78, 5) is 0. The average Bonchev–Trinajstić information content (AvgIpc) is 2.92. The van der Waals surface area contributed by atoms with Gasteiger partial charge in [0.25, 0.3) is 0 Å². The van der Waals surface area contributed by atoms with Gasteiger partial charge in [-0.05, 0) is 65.8 Å². The lowest BCUT2D eigenvalue weighted by molar-refractivity contribution is 0.453. The third-order valence-electron chi connectivity index (χ3n) is 4.18. The zero-order valence-electron chi connectivity index (χ0n) is 13.4. The van der Waals surface area contributed by atoms with Crippen LogP contribution in [0.4, 0.5) is 0 Å². The van der Waals surface area contributed by atoms with Crippen molar-refractivity contribution >= 4 is 0 Å². The Morgan fingerprint density at radius 1 is 0.696 bits per heavy atom. The molecule has 1 aliphatic rings. The van der Waals surface area contributed by atoms with Crippen molar-refractivity contribution in [2.75, 3.05) is 0 Å². The van der Waals surface area contributed by atoms with Gasteiger partial charge in [0.15, 0.2) is 0 Å². The average molecular weight is 304 g/mol. The molecule has 23 heavy (non-hydrogen) atoms. The van der Waals surface area contributed by atoms with Gasteiger partial charge in [-0.2, -0.15) is 0 Å². The second kappa shape index (κ2) is 6.17. The first-order chi connectivity index (χ1) is 11.1. The Bertz CT molecular complexity index is 783. The fourth-order valence-corrected chi connectivity index (χ4v) is 3.01. The SMILES string of the molecule is Cc1cc(O)cc(C)c1O.c1ccc2c(c1)Cc1ccccc1-2. The largest absolute Gasteiger partial charge is 0.508 e. The first-order valence-electron chi connectivity index (χ1n) is 7.71. The van der Waals surface area contributed by atoms with Crippen molar-refractivity contribution in [1.82, 2.24) is 0 Å². The highest BCUT2D eigenvalue weighted by Crippen LogP contribution is 2.35. The molecule has 0 saturated carbocycles. The summed E-state index contributed by atoms with van der Waals surface area (Å²) >= 11 is 0. The lowest BCUT2D eigenvalue weighted by Gasteiger charge is -2.02. The highest BCUT2D eigenvalue weighted by molar-refractivity contribution is 5.76. The van der Waals surface area contributed by atoms with E-state index in [0.717, 1.165) is 6.42 Å². The van der Waals surface area contributed by atoms with Gasteiger partial charge in [0.1, 0.15) is 11.5 Å². The van der Waals surface area contributed by atoms with Gasteiger partial charge in [0.2, 0.25) is 0 Å². The number of fused-ring (bicyclic) bond motifs is 3. The van der Waals surface area contributed by atoms with E-state index >= 15 is 0 Å². The molecule has 2 N–H and O–H groups in total. The number of phenols is 2. The van der Waals surface area contributed by atoms with E-state index in [1.807, 2.05) is 0 Å². The van der Waals surface area contributed by atoms with E-state index in [0.29, 0.717) is 11.1 Å². The summed E-state index contributed by atoms with van der Waals surface area (Å²) in [6.45, 7) is 3.50. The highest BCUT2D eigenvalue weighted by Gasteiger charge is 2.15. The molecule has 4 rings (SSSR count). The summed E-state index contributed by atoms with van der Waals surface area (Å²) in [5.74, 6) is 0.464. The molecule has 0 unspecified atom stereocenters. The fourth-order valence-electron chi connectivity index (χ4n) is 3.01. The molecule has 3 aromatic carbocycles. The molecule has 0 amide bonds. The molecule has 0 spiro atoms. The molecule has 0 heterocycles. The van der Waals surface area contributed by atoms with Crippen LogP contribution in [0.5, 0.6) is 11.5 Å². The van der Waals surface area contributed by atoms with E-state index in [1.54, 1.807) is 13.8 Å². The molecule has 1 aliphatic carbocycles. The number of rotatable bonds is 0. The molecule has 0 saturated heterocycles. The molecule has 3 aromatic rings. The van der Waals surface area contributed by atoms with Gasteiger partial charge >= 0.3 is 0 Å². The summed E-state index contributed by atoms with van der Waals surface area (Å²) in [6, 6.07) is 20.4. The lowest BCUT2D eigenvalue weighted by Crippen LogP contribution is -1.78. The maximum atomic E-state index is 9.22. The predicted molar refractivity (Wildman–Crippen MR) is 93.9 cm³/mol. The molecular weight excluding hydrogens is 284 g/mol. The van der Waals surface area contributed by atoms with E-state index in [-0.39, 0.29) is 11.5 Å². The van der Waals surface area contributed by atoms with Gasteiger partial charge in [0.05, 0.1) is 0 Å². The number of aryl methyl sites for hydroxylation is 2. The normalized spacial score (nSPS) is 11.2. The van der Waals surface area contributed by atoms with Crippen LogP contribution in [0.3, 0.4) is 0 Å². The Kier molecular flexibility index (Phi) is 4.07. The standard InChI is InChI=1S/C13H10.C8H10O2/c1-3-7-12-10(5-1)9-11-6-2-4-8-13(11)12;1-5-3-7(9)4-6(2)8(5)10/h1-8H,9H2;3-4,9-10H,1-2H3. The number of hydrogen-bond acceptors (Lipinski definition) is 2. The molecule has 0 bridgehead atoms. The summed E-state index contributed by atoms with van der Waals surface area (Å²) in [6.07, 6.45) is 1.10. The van der Waals surface area contributed by atoms with Gasteiger partial charge in [-0.15, -0.1) is 0 Å². The molecule has 2 heteroatoms. The number of hydrogen-bond donors (Lipinski definition) is 2. The minimum atomic E-state index is 0.202. The number of aromatic hydroxyl groups is 2. The van der Waals surface area contributed by atoms with Crippen LogP contribution in [0.2, 0.25) is 0 Å². The summed E-state index contributed by atoms with van der Waals surface area (Å²) in [5, 5.41) is 18.2. The third kappa shape index (κ3) is 3.07. The Morgan fingerprint density at radius 2 is 1.13 bits per heavy atom. The number of phenolic OH excluding ortho intramolecular Hbond substituents is 2. The lowest BCUT2D eigenvalue weighted by atomic mass is 10.1. The van der Waals surface area contributed by atoms with Crippen LogP contribution < -0.4 is 0 Å². The maximum absolute atomic E-state index is 9.22. The molecule has 0 fully saturated rings. The smallest absolute Gasteiger partial charge is 0.121 e. The summed E-state index contributed by atoms with van der Waals surface area (Å²) in [5.41, 5.74) is 7.17. The van der Waals surface area contributed by atoms with Crippen LogP contribution in [0.1, 0.15) is 22.3 Å². The fraction of sp³-hybridized carbons (Fsp3) is 0.143. The molecule has 0 aromatic heterocycles. The van der Waals surface area contributed by atoms with Gasteiger partial charge in [-0.25, -0.2) is 0 Å². The first-order valence-corrected chi connectivity index (χ1v) is 7.71. The van der Waals surface area contributed by atoms with Crippen molar-refractivity contribution in [2.45, 2.75) is 20.3 Å². The van der Waals surface area contributed by atoms with E-state index in [9.17, 15) is 5.11 Å². The molecule has 116 valence electrons. The summed E-state index contributed by atoms with van der Waals surface area (Å²) in [7, 11) is 0. The Hall–Kier alpha value is -2.74. The van der Waals surface area contributed by atoms with Gasteiger partial charge in [-0.1, -0.05) is 48.5 Å². The molecule has 0 aliphatic heterocycles. The zero-order chi connectivity index (χ0) is 16.4. The van der Waals surface area contributed by atoms with E-state index in [2.05, 4.69) is 48.5 Å². The molecule has 0 atom stereocenters. The maximum Gasteiger partial charge on any atom is 0.121 e. The molecular formula is C21H20O2. The van der Waals surface area contributed by atoms with E-state index in [4.69, 9.17) is 5.11 Å². The topological polar surface area (TPSA) is 40.5 Å². The highest BCUT2D eigenvalue weighted by atomic mass is 16.3. The molecule has 2 nitrogen and oxygen atoms in total. The van der Waals surface area contributed by atoms with Crippen LogP contribution in [0.15, 0.2) is 60.7 Å². The second-order valence-corrected chi connectivity index (χ2v) is 5.92. The van der Waals surface area contributed by atoms with E-state index < -0.39 is 0 Å². The van der Waals surface area contributed by atoms with Crippen LogP contribution in [-0.2, 0) is 6.42 Å². The number of benzene rings is 3. The predicted octanol–water partition coefficient (Wildman–Crippen LogP) is 4.97. The zero-order valence-corrected chi connectivity index (χ0v) is 13.4. The molecule has 0 radical (unpaired) electrons. The Morgan fingerprint density at radius 3 is 1.61 bits per heavy atom. The monoisotopic (exact) mass is 304 g/mol. The third-order valence-corrected chi connectivity index (χ3v) is 4.18. The van der Waals surface area contributed by atoms with Crippen molar-refractivity contribution in [3.8, 4) is 22.6 Å². The van der Waals surface area contributed by atoms with Crippen LogP contribution in [0.25, 0.3) is 11.1 Å². The van der Waals surface area contributed by atoms with Crippen molar-refractivity contribution < 1.29 is 10.2 Å². The van der Waals surface area contributed by atoms with Gasteiger partial charge < -0.3 is 10.2 Å². The van der Waals surface area contributed by atoms with Crippen molar-refractivity contribution in [1.29, 1.82) is 0 Å². The minimum Gasteiger partial charge on any atom is -0.508 e. The van der Waals surface area contributed by atoms with Crippen molar-refractivity contribution in [3.05, 3.63) is 82.9 Å². The van der Waals surface area contributed by atoms with Crippen LogP contribution in [-0.4, -0.2) is 10.2 Å². The second-order valence-electron chi connectivity index (χ2n) is 5.92. The minimum absolute atomic E-state index is 0.202. The van der Waals surface area contributed by atoms with Crippen LogP contribution >= 0.6 is 0 Å².